The summed E-state index contributed by atoms with van der Waals surface area (Å²) in [6.45, 7) is 9.21. The average molecular weight is 386 g/mol. The van der Waals surface area contributed by atoms with Crippen molar-refractivity contribution < 1.29 is 14.3 Å². The highest BCUT2D eigenvalue weighted by molar-refractivity contribution is 5.86. The number of nitrogens with zero attached hydrogens (tertiary/aromatic N) is 3. The zero-order valence-corrected chi connectivity index (χ0v) is 17.2. The van der Waals surface area contributed by atoms with Gasteiger partial charge in [-0.3, -0.25) is 9.69 Å². The average Bonchev–Trinajstić information content (AvgIpc) is 3.02. The largest absolute Gasteiger partial charge is 0.444 e. The summed E-state index contributed by atoms with van der Waals surface area (Å²) in [5, 5.41) is 2.98. The van der Waals surface area contributed by atoms with Gasteiger partial charge in [0.25, 0.3) is 0 Å². The first kappa shape index (κ1) is 20.2. The van der Waals surface area contributed by atoms with E-state index in [0.717, 1.165) is 36.2 Å². The van der Waals surface area contributed by atoms with Gasteiger partial charge in [0, 0.05) is 13.1 Å². The van der Waals surface area contributed by atoms with Gasteiger partial charge in [-0.1, -0.05) is 12.1 Å². The van der Waals surface area contributed by atoms with Crippen LogP contribution < -0.4 is 5.32 Å². The molecule has 1 unspecified atom stereocenters. The molecule has 2 amide bonds. The van der Waals surface area contributed by atoms with E-state index >= 15 is 0 Å². The third-order valence-corrected chi connectivity index (χ3v) is 4.90. The minimum absolute atomic E-state index is 0.153. The highest BCUT2D eigenvalue weighted by atomic mass is 16.6. The summed E-state index contributed by atoms with van der Waals surface area (Å²) >= 11 is 0. The summed E-state index contributed by atoms with van der Waals surface area (Å²) in [5.41, 5.74) is 1.39. The van der Waals surface area contributed by atoms with Crippen molar-refractivity contribution in [3.8, 4) is 0 Å². The lowest BCUT2D eigenvalue weighted by atomic mass is 10.0. The number of carbonyl (C=O) groups is 2. The fourth-order valence-corrected chi connectivity index (χ4v) is 3.64. The lowest BCUT2D eigenvalue weighted by Crippen LogP contribution is -2.53. The molecule has 0 aliphatic carbocycles. The van der Waals surface area contributed by atoms with E-state index in [-0.39, 0.29) is 5.91 Å². The molecule has 2 aromatic rings. The predicted molar refractivity (Wildman–Crippen MR) is 108 cm³/mol. The molecule has 1 aliphatic rings. The second kappa shape index (κ2) is 8.20. The van der Waals surface area contributed by atoms with Crippen LogP contribution >= 0.6 is 0 Å². The van der Waals surface area contributed by atoms with Gasteiger partial charge in [0.15, 0.2) is 0 Å². The molecule has 0 saturated carbocycles. The highest BCUT2D eigenvalue weighted by Gasteiger charge is 2.34. The number of para-hydroxylation sites is 2. The number of likely N-dealkylation sites (tertiary alicyclic amines) is 1. The van der Waals surface area contributed by atoms with Gasteiger partial charge in [-0.15, -0.1) is 0 Å². The molecule has 0 radical (unpaired) electrons. The quantitative estimate of drug-likeness (QED) is 0.873. The van der Waals surface area contributed by atoms with Crippen LogP contribution in [-0.2, 0) is 22.6 Å². The fourth-order valence-electron chi connectivity index (χ4n) is 3.64. The minimum atomic E-state index is -0.582. The Bertz CT molecular complexity index is 853. The molecule has 1 aromatic carbocycles. The molecule has 28 heavy (non-hydrogen) atoms. The predicted octanol–water partition coefficient (Wildman–Crippen LogP) is 3.46. The molecule has 0 spiro atoms. The molecule has 152 valence electrons. The molecule has 3 rings (SSSR count). The highest BCUT2D eigenvalue weighted by Crippen LogP contribution is 2.21. The smallest absolute Gasteiger partial charge is 0.410 e. The third kappa shape index (κ3) is 4.46. The number of fused-ring (bicyclic) bond motifs is 1. The van der Waals surface area contributed by atoms with E-state index < -0.39 is 17.7 Å². The number of nitrogens with one attached hydrogen (secondary N) is 1. The maximum absolute atomic E-state index is 12.9. The zero-order valence-electron chi connectivity index (χ0n) is 17.2. The van der Waals surface area contributed by atoms with Gasteiger partial charge in [-0.2, -0.15) is 0 Å². The molecule has 1 aromatic heterocycles. The molecule has 7 nitrogen and oxygen atoms in total. The Morgan fingerprint density at radius 1 is 1.25 bits per heavy atom. The first-order chi connectivity index (χ1) is 13.3. The molecule has 1 saturated heterocycles. The normalized spacial score (nSPS) is 17.6. The van der Waals surface area contributed by atoms with Crippen LogP contribution in [0.2, 0.25) is 0 Å². The van der Waals surface area contributed by atoms with E-state index in [2.05, 4.69) is 21.8 Å². The summed E-state index contributed by atoms with van der Waals surface area (Å²) < 4.78 is 7.59. The van der Waals surface area contributed by atoms with Crippen LogP contribution in [-0.4, -0.2) is 44.6 Å². The zero-order chi connectivity index (χ0) is 20.3. The summed E-state index contributed by atoms with van der Waals surface area (Å²) in [5.74, 6) is 0.664. The second-order valence-electron chi connectivity index (χ2n) is 8.16. The second-order valence-corrected chi connectivity index (χ2v) is 8.16. The van der Waals surface area contributed by atoms with Gasteiger partial charge in [0.05, 0.1) is 17.6 Å². The van der Waals surface area contributed by atoms with E-state index in [1.165, 1.54) is 0 Å². The van der Waals surface area contributed by atoms with Crippen molar-refractivity contribution in [3.05, 3.63) is 30.1 Å². The Labute approximate surface area is 166 Å². The number of carbonyl (C=O) groups excluding carboxylic acids is 2. The molecule has 1 aliphatic heterocycles. The van der Waals surface area contributed by atoms with Gasteiger partial charge < -0.3 is 14.6 Å². The molecular weight excluding hydrogens is 356 g/mol. The number of hydrogen-bond donors (Lipinski definition) is 1. The molecule has 1 atom stereocenters. The standard InChI is InChI=1S/C21H30N4O3/c1-5-24-16-11-7-6-10-15(16)23-18(24)14-22-19(26)17-12-8-9-13-25(17)20(27)28-21(2,3)4/h6-7,10-11,17H,5,8-9,12-14H2,1-4H3,(H,22,26). The first-order valence-corrected chi connectivity index (χ1v) is 10.0. The van der Waals surface area contributed by atoms with Crippen molar-refractivity contribution in [2.24, 2.45) is 0 Å². The van der Waals surface area contributed by atoms with E-state index in [9.17, 15) is 9.59 Å². The fraction of sp³-hybridized carbons (Fsp3) is 0.571. The van der Waals surface area contributed by atoms with Gasteiger partial charge in [-0.05, 0) is 59.1 Å². The number of aryl methyl sites for hydroxylation is 1. The summed E-state index contributed by atoms with van der Waals surface area (Å²) in [4.78, 5) is 31.6. The summed E-state index contributed by atoms with van der Waals surface area (Å²) in [6.07, 6.45) is 2.03. The molecular formula is C21H30N4O3. The number of aromatic nitrogens is 2. The van der Waals surface area contributed by atoms with Gasteiger partial charge in [0.2, 0.25) is 5.91 Å². The van der Waals surface area contributed by atoms with Gasteiger partial charge in [0.1, 0.15) is 17.5 Å². The Balaban J connectivity index is 1.70. The monoisotopic (exact) mass is 386 g/mol. The maximum Gasteiger partial charge on any atom is 0.410 e. The number of hydrogen-bond acceptors (Lipinski definition) is 4. The topological polar surface area (TPSA) is 76.5 Å². The maximum atomic E-state index is 12.9. The first-order valence-electron chi connectivity index (χ1n) is 10.0. The SMILES string of the molecule is CCn1c(CNC(=O)C2CCCCN2C(=O)OC(C)(C)C)nc2ccccc21. The van der Waals surface area contributed by atoms with Crippen LogP contribution in [0.4, 0.5) is 4.79 Å². The number of ether oxygens (including phenoxy) is 1. The lowest BCUT2D eigenvalue weighted by molar-refractivity contribution is -0.127. The number of amides is 2. The minimum Gasteiger partial charge on any atom is -0.444 e. The summed E-state index contributed by atoms with van der Waals surface area (Å²) in [7, 11) is 0. The van der Waals surface area contributed by atoms with Crippen molar-refractivity contribution >= 4 is 23.0 Å². The Morgan fingerprint density at radius 2 is 2.00 bits per heavy atom. The lowest BCUT2D eigenvalue weighted by Gasteiger charge is -2.35. The molecule has 1 N–H and O–H groups in total. The van der Waals surface area contributed by atoms with Crippen LogP contribution in [0.1, 0.15) is 52.8 Å². The number of piperidine rings is 1. The molecule has 0 bridgehead atoms. The Morgan fingerprint density at radius 3 is 2.71 bits per heavy atom. The van der Waals surface area contributed by atoms with Crippen molar-refractivity contribution in [1.29, 1.82) is 0 Å². The number of imidazole rings is 1. The van der Waals surface area contributed by atoms with Gasteiger partial charge >= 0.3 is 6.09 Å². The van der Waals surface area contributed by atoms with Crippen LogP contribution in [0.25, 0.3) is 11.0 Å². The van der Waals surface area contributed by atoms with E-state index in [4.69, 9.17) is 4.74 Å². The summed E-state index contributed by atoms with van der Waals surface area (Å²) in [6, 6.07) is 7.45. The Kier molecular flexibility index (Phi) is 5.91. The number of benzene rings is 1. The third-order valence-electron chi connectivity index (χ3n) is 4.90. The van der Waals surface area contributed by atoms with E-state index in [1.54, 1.807) is 4.90 Å². The Hall–Kier alpha value is -2.57. The number of rotatable bonds is 4. The van der Waals surface area contributed by atoms with Crippen molar-refractivity contribution in [2.75, 3.05) is 6.54 Å². The molecule has 2 heterocycles. The molecule has 1 fully saturated rings. The molecule has 7 heteroatoms. The van der Waals surface area contributed by atoms with Crippen LogP contribution in [0.5, 0.6) is 0 Å². The van der Waals surface area contributed by atoms with Crippen molar-refractivity contribution in [2.45, 2.75) is 71.7 Å². The van der Waals surface area contributed by atoms with Crippen LogP contribution in [0.15, 0.2) is 24.3 Å². The van der Waals surface area contributed by atoms with Gasteiger partial charge in [-0.25, -0.2) is 9.78 Å². The van der Waals surface area contributed by atoms with E-state index in [1.807, 2.05) is 45.0 Å². The van der Waals surface area contributed by atoms with Crippen LogP contribution in [0, 0.1) is 0 Å². The van der Waals surface area contributed by atoms with Crippen molar-refractivity contribution in [1.82, 2.24) is 19.8 Å². The van der Waals surface area contributed by atoms with E-state index in [0.29, 0.717) is 19.5 Å². The van der Waals surface area contributed by atoms with Crippen LogP contribution in [0.3, 0.4) is 0 Å². The van der Waals surface area contributed by atoms with Crippen molar-refractivity contribution in [3.63, 3.8) is 0 Å².